The van der Waals surface area contributed by atoms with Crippen LogP contribution in [-0.2, 0) is 0 Å². The molecule has 0 aliphatic carbocycles. The molecule has 0 fully saturated rings. The number of benzene rings is 2. The molecule has 22 heavy (non-hydrogen) atoms. The molecule has 0 bridgehead atoms. The molecule has 4 aromatic rings. The Bertz CT molecular complexity index is 959. The molecule has 2 aromatic carbocycles. The van der Waals surface area contributed by atoms with E-state index in [1.807, 2.05) is 47.8 Å². The summed E-state index contributed by atoms with van der Waals surface area (Å²) in [4.78, 5) is 13.0. The first kappa shape index (κ1) is 12.8. The molecule has 2 heterocycles. The van der Waals surface area contributed by atoms with Gasteiger partial charge in [0.15, 0.2) is 5.58 Å². The van der Waals surface area contributed by atoms with Crippen LogP contribution in [0.4, 0.5) is 5.69 Å². The van der Waals surface area contributed by atoms with Crippen LogP contribution in [0.2, 0.25) is 0 Å². The third-order valence-electron chi connectivity index (χ3n) is 3.40. The summed E-state index contributed by atoms with van der Waals surface area (Å²) in [6.45, 7) is 0. The maximum Gasteiger partial charge on any atom is 0.280 e. The summed E-state index contributed by atoms with van der Waals surface area (Å²) in [5, 5.41) is 8.42. The zero-order chi connectivity index (χ0) is 14.9. The lowest BCUT2D eigenvalue weighted by Crippen LogP contribution is -2.28. The van der Waals surface area contributed by atoms with E-state index in [4.69, 9.17) is 4.52 Å². The van der Waals surface area contributed by atoms with Gasteiger partial charge in [0.1, 0.15) is 4.88 Å². The van der Waals surface area contributed by atoms with Crippen molar-refractivity contribution in [1.29, 1.82) is 0 Å². The van der Waals surface area contributed by atoms with Gasteiger partial charge in [0, 0.05) is 21.5 Å². The molecule has 0 unspecified atom stereocenters. The van der Waals surface area contributed by atoms with Crippen molar-refractivity contribution in [2.45, 2.75) is 0 Å². The van der Waals surface area contributed by atoms with Crippen molar-refractivity contribution < 1.29 is 9.32 Å². The lowest BCUT2D eigenvalue weighted by atomic mass is 10.1. The molecule has 5 nitrogen and oxygen atoms in total. The van der Waals surface area contributed by atoms with Crippen LogP contribution in [0.25, 0.3) is 21.7 Å². The van der Waals surface area contributed by atoms with Gasteiger partial charge < -0.3 is 4.52 Å². The van der Waals surface area contributed by atoms with E-state index < -0.39 is 0 Å². The minimum absolute atomic E-state index is 0.178. The fourth-order valence-electron chi connectivity index (χ4n) is 2.34. The zero-order valence-electron chi connectivity index (χ0n) is 11.4. The molecule has 2 N–H and O–H groups in total. The van der Waals surface area contributed by atoms with Gasteiger partial charge in [0.25, 0.3) is 5.91 Å². The minimum atomic E-state index is -0.178. The van der Waals surface area contributed by atoms with Crippen LogP contribution in [0, 0.1) is 0 Å². The topological polar surface area (TPSA) is 67.2 Å². The summed E-state index contributed by atoms with van der Waals surface area (Å²) >= 11 is 1.38. The number of nitrogens with one attached hydrogen (secondary N) is 2. The van der Waals surface area contributed by atoms with Crippen LogP contribution in [0.1, 0.15) is 9.67 Å². The van der Waals surface area contributed by atoms with Gasteiger partial charge in [0.05, 0.1) is 11.9 Å². The minimum Gasteiger partial charge on any atom is -0.356 e. The molecule has 0 saturated carbocycles. The maximum absolute atomic E-state index is 12.4. The number of fused-ring (bicyclic) bond motifs is 3. The number of para-hydroxylation sites is 1. The Kier molecular flexibility index (Phi) is 3.01. The van der Waals surface area contributed by atoms with Crippen LogP contribution >= 0.6 is 11.3 Å². The molecule has 0 atom stereocenters. The number of thiophene rings is 1. The number of nitrogens with zero attached hydrogens (tertiary/aromatic N) is 1. The third-order valence-corrected chi connectivity index (χ3v) is 4.40. The molecular weight excluding hydrogens is 298 g/mol. The molecule has 0 radical (unpaired) electrons. The summed E-state index contributed by atoms with van der Waals surface area (Å²) in [7, 11) is 0. The summed E-state index contributed by atoms with van der Waals surface area (Å²) in [5.41, 5.74) is 7.15. The highest BCUT2D eigenvalue weighted by molar-refractivity contribution is 7.14. The number of hydrazine groups is 1. The zero-order valence-corrected chi connectivity index (χ0v) is 12.2. The first-order chi connectivity index (χ1) is 10.8. The third kappa shape index (κ3) is 2.10. The van der Waals surface area contributed by atoms with Crippen molar-refractivity contribution in [3.8, 4) is 0 Å². The molecule has 2 aromatic heterocycles. The van der Waals surface area contributed by atoms with E-state index in [2.05, 4.69) is 16.0 Å². The van der Waals surface area contributed by atoms with Crippen molar-refractivity contribution in [1.82, 2.24) is 10.6 Å². The largest absolute Gasteiger partial charge is 0.356 e. The smallest absolute Gasteiger partial charge is 0.280 e. The molecule has 0 aliphatic rings. The maximum atomic E-state index is 12.4. The molecule has 0 aliphatic heterocycles. The quantitative estimate of drug-likeness (QED) is 0.565. The number of carbonyl (C=O) groups excluding carboxylic acids is 1. The molecule has 6 heteroatoms. The second-order valence-electron chi connectivity index (χ2n) is 4.78. The lowest BCUT2D eigenvalue weighted by Gasteiger charge is -2.07. The first-order valence-corrected chi connectivity index (χ1v) is 7.57. The van der Waals surface area contributed by atoms with Gasteiger partial charge in [-0.15, -0.1) is 11.3 Å². The van der Waals surface area contributed by atoms with Crippen LogP contribution in [0.3, 0.4) is 0 Å². The van der Waals surface area contributed by atoms with Crippen molar-refractivity contribution >= 4 is 44.7 Å². The van der Waals surface area contributed by atoms with Gasteiger partial charge in [-0.2, -0.15) is 0 Å². The normalized spacial score (nSPS) is 10.9. The Morgan fingerprint density at radius 2 is 1.95 bits per heavy atom. The van der Waals surface area contributed by atoms with E-state index in [9.17, 15) is 4.79 Å². The second kappa shape index (κ2) is 5.16. The molecule has 1 amide bonds. The van der Waals surface area contributed by atoms with Crippen molar-refractivity contribution in [2.75, 3.05) is 5.43 Å². The van der Waals surface area contributed by atoms with E-state index in [1.165, 1.54) is 11.3 Å². The SMILES string of the molecule is O=C(NNc1ccccc1)c1scc2c1ccc1cnoc12. The summed E-state index contributed by atoms with van der Waals surface area (Å²) in [5.74, 6) is -0.178. The van der Waals surface area contributed by atoms with Crippen molar-refractivity contribution in [3.63, 3.8) is 0 Å². The average Bonchev–Trinajstić information content (AvgIpc) is 3.19. The predicted molar refractivity (Wildman–Crippen MR) is 86.9 cm³/mol. The molecule has 0 saturated heterocycles. The summed E-state index contributed by atoms with van der Waals surface area (Å²) in [6.07, 6.45) is 1.67. The van der Waals surface area contributed by atoms with Crippen LogP contribution in [0.5, 0.6) is 0 Å². The Hall–Kier alpha value is -2.86. The number of hydrogen-bond donors (Lipinski definition) is 2. The Morgan fingerprint density at radius 3 is 2.82 bits per heavy atom. The van der Waals surface area contributed by atoms with Crippen LogP contribution in [0.15, 0.2) is 58.6 Å². The number of anilines is 1. The second-order valence-corrected chi connectivity index (χ2v) is 5.66. The van der Waals surface area contributed by atoms with E-state index in [-0.39, 0.29) is 5.91 Å². The van der Waals surface area contributed by atoms with E-state index in [0.29, 0.717) is 10.5 Å². The molecular formula is C16H11N3O2S. The van der Waals surface area contributed by atoms with Crippen molar-refractivity contribution in [2.24, 2.45) is 0 Å². The van der Waals surface area contributed by atoms with Gasteiger partial charge in [-0.3, -0.25) is 15.6 Å². The first-order valence-electron chi connectivity index (χ1n) is 6.69. The van der Waals surface area contributed by atoms with E-state index >= 15 is 0 Å². The average molecular weight is 309 g/mol. The lowest BCUT2D eigenvalue weighted by molar-refractivity contribution is 0.0968. The van der Waals surface area contributed by atoms with Crippen LogP contribution < -0.4 is 10.9 Å². The van der Waals surface area contributed by atoms with Gasteiger partial charge in [-0.25, -0.2) is 0 Å². The van der Waals surface area contributed by atoms with Gasteiger partial charge in [-0.1, -0.05) is 29.4 Å². The molecule has 0 spiro atoms. The van der Waals surface area contributed by atoms with Crippen LogP contribution in [-0.4, -0.2) is 11.1 Å². The highest BCUT2D eigenvalue weighted by atomic mass is 32.1. The van der Waals surface area contributed by atoms with E-state index in [1.54, 1.807) is 6.20 Å². The number of hydrogen-bond acceptors (Lipinski definition) is 5. The van der Waals surface area contributed by atoms with Gasteiger partial charge in [-0.05, 0) is 18.2 Å². The number of rotatable bonds is 3. The Morgan fingerprint density at radius 1 is 1.09 bits per heavy atom. The number of amides is 1. The molecule has 108 valence electrons. The fraction of sp³-hybridized carbons (Fsp3) is 0. The Labute approximate surface area is 129 Å². The monoisotopic (exact) mass is 309 g/mol. The van der Waals surface area contributed by atoms with Crippen molar-refractivity contribution in [3.05, 3.63) is 58.9 Å². The molecule has 4 rings (SSSR count). The standard InChI is InChI=1S/C16H11N3O2S/c20-16(19-18-11-4-2-1-3-5-11)15-12-7-6-10-8-17-21-14(10)13(12)9-22-15/h1-9,18H,(H,19,20). The highest BCUT2D eigenvalue weighted by Gasteiger charge is 2.15. The fourth-order valence-corrected chi connectivity index (χ4v) is 3.27. The van der Waals surface area contributed by atoms with E-state index in [0.717, 1.165) is 21.8 Å². The number of aromatic nitrogens is 1. The Balaban J connectivity index is 1.64. The summed E-state index contributed by atoms with van der Waals surface area (Å²) in [6, 6.07) is 13.3. The highest BCUT2D eigenvalue weighted by Crippen LogP contribution is 2.32. The van der Waals surface area contributed by atoms with Gasteiger partial charge in [0.2, 0.25) is 0 Å². The number of carbonyl (C=O) groups is 1. The summed E-state index contributed by atoms with van der Waals surface area (Å²) < 4.78 is 5.26. The predicted octanol–water partition coefficient (Wildman–Crippen LogP) is 3.80. The van der Waals surface area contributed by atoms with Gasteiger partial charge >= 0.3 is 0 Å².